The van der Waals surface area contributed by atoms with E-state index in [0.29, 0.717) is 24.4 Å². The Kier molecular flexibility index (Phi) is 6.48. The molecule has 0 aromatic heterocycles. The molecule has 0 atom stereocenters. The lowest BCUT2D eigenvalue weighted by molar-refractivity contribution is -0.130. The second-order valence-corrected chi connectivity index (χ2v) is 6.59. The molecule has 0 heterocycles. The molecule has 1 amide bonds. The highest BCUT2D eigenvalue weighted by Gasteiger charge is 2.13. The predicted octanol–water partition coefficient (Wildman–Crippen LogP) is 4.70. The fourth-order valence-corrected chi connectivity index (χ4v) is 3.03. The van der Waals surface area contributed by atoms with Gasteiger partial charge in [0, 0.05) is 35.1 Å². The Hall–Kier alpha value is -1.52. The standard InChI is InChI=1S/C18H19BrClNO2/c1-21(12-14-11-15(20)8-9-17(14)23-2)18(22)10-7-13-5-3-4-6-16(13)19/h3-6,8-9,11H,7,10,12H2,1-2H3. The molecule has 0 N–H and O–H groups in total. The number of rotatable bonds is 6. The molecule has 0 unspecified atom stereocenters. The number of hydrogen-bond acceptors (Lipinski definition) is 2. The van der Waals surface area contributed by atoms with Gasteiger partial charge in [-0.05, 0) is 36.2 Å². The van der Waals surface area contributed by atoms with Crippen LogP contribution in [0.2, 0.25) is 5.02 Å². The van der Waals surface area contributed by atoms with Gasteiger partial charge in [-0.1, -0.05) is 45.7 Å². The van der Waals surface area contributed by atoms with E-state index in [-0.39, 0.29) is 5.91 Å². The minimum atomic E-state index is 0.0859. The van der Waals surface area contributed by atoms with Gasteiger partial charge in [0.1, 0.15) is 5.75 Å². The van der Waals surface area contributed by atoms with Crippen molar-refractivity contribution in [3.63, 3.8) is 0 Å². The van der Waals surface area contributed by atoms with Gasteiger partial charge in [0.2, 0.25) is 5.91 Å². The molecule has 0 saturated heterocycles. The Balaban J connectivity index is 1.98. The quantitative estimate of drug-likeness (QED) is 0.708. The van der Waals surface area contributed by atoms with E-state index >= 15 is 0 Å². The summed E-state index contributed by atoms with van der Waals surface area (Å²) in [6, 6.07) is 13.4. The van der Waals surface area contributed by atoms with Crippen LogP contribution in [0.15, 0.2) is 46.9 Å². The zero-order valence-electron chi connectivity index (χ0n) is 13.2. The maximum atomic E-state index is 12.4. The van der Waals surface area contributed by atoms with Gasteiger partial charge in [-0.2, -0.15) is 0 Å². The fraction of sp³-hybridized carbons (Fsp3) is 0.278. The Bertz CT molecular complexity index is 690. The first-order chi connectivity index (χ1) is 11.0. The van der Waals surface area contributed by atoms with E-state index in [1.54, 1.807) is 25.1 Å². The fourth-order valence-electron chi connectivity index (χ4n) is 2.35. The van der Waals surface area contributed by atoms with E-state index in [9.17, 15) is 4.79 Å². The summed E-state index contributed by atoms with van der Waals surface area (Å²) >= 11 is 9.54. The number of carbonyl (C=O) groups is 1. The molecule has 0 aliphatic carbocycles. The highest BCUT2D eigenvalue weighted by molar-refractivity contribution is 9.10. The summed E-state index contributed by atoms with van der Waals surface area (Å²) < 4.78 is 6.36. The number of benzene rings is 2. The van der Waals surface area contributed by atoms with Crippen LogP contribution in [0.3, 0.4) is 0 Å². The lowest BCUT2D eigenvalue weighted by atomic mass is 10.1. The molecule has 0 fully saturated rings. The summed E-state index contributed by atoms with van der Waals surface area (Å²) in [5.74, 6) is 0.822. The zero-order valence-corrected chi connectivity index (χ0v) is 15.5. The number of nitrogens with zero attached hydrogens (tertiary/aromatic N) is 1. The predicted molar refractivity (Wildman–Crippen MR) is 96.9 cm³/mol. The largest absolute Gasteiger partial charge is 0.496 e. The van der Waals surface area contributed by atoms with Crippen molar-refractivity contribution in [2.75, 3.05) is 14.2 Å². The Morgan fingerprint density at radius 2 is 1.96 bits per heavy atom. The van der Waals surface area contributed by atoms with Crippen molar-refractivity contribution >= 4 is 33.4 Å². The third-order valence-electron chi connectivity index (χ3n) is 3.64. The maximum absolute atomic E-state index is 12.4. The normalized spacial score (nSPS) is 10.4. The lowest BCUT2D eigenvalue weighted by Gasteiger charge is -2.19. The van der Waals surface area contributed by atoms with Crippen LogP contribution in [-0.4, -0.2) is 25.0 Å². The molecular weight excluding hydrogens is 378 g/mol. The van der Waals surface area contributed by atoms with Gasteiger partial charge >= 0.3 is 0 Å². The molecule has 122 valence electrons. The molecule has 2 aromatic carbocycles. The van der Waals surface area contributed by atoms with Crippen LogP contribution in [0.1, 0.15) is 17.5 Å². The van der Waals surface area contributed by atoms with Crippen LogP contribution in [0.5, 0.6) is 5.75 Å². The molecule has 3 nitrogen and oxygen atoms in total. The molecule has 0 saturated carbocycles. The van der Waals surface area contributed by atoms with Gasteiger partial charge in [-0.25, -0.2) is 0 Å². The van der Waals surface area contributed by atoms with E-state index in [1.807, 2.05) is 36.4 Å². The first kappa shape index (κ1) is 17.8. The second-order valence-electron chi connectivity index (χ2n) is 5.30. The molecule has 23 heavy (non-hydrogen) atoms. The van der Waals surface area contributed by atoms with Crippen LogP contribution in [0, 0.1) is 0 Å². The minimum absolute atomic E-state index is 0.0859. The van der Waals surface area contributed by atoms with Crippen molar-refractivity contribution in [1.29, 1.82) is 0 Å². The van der Waals surface area contributed by atoms with Crippen LogP contribution in [0.25, 0.3) is 0 Å². The first-order valence-electron chi connectivity index (χ1n) is 7.31. The van der Waals surface area contributed by atoms with Gasteiger partial charge in [0.15, 0.2) is 0 Å². The summed E-state index contributed by atoms with van der Waals surface area (Å²) in [4.78, 5) is 14.1. The number of ether oxygens (including phenoxy) is 1. The Labute approximate surface area is 150 Å². The number of halogens is 2. The molecule has 2 rings (SSSR count). The number of aryl methyl sites for hydroxylation is 1. The molecule has 0 spiro atoms. The highest BCUT2D eigenvalue weighted by atomic mass is 79.9. The van der Waals surface area contributed by atoms with E-state index in [4.69, 9.17) is 16.3 Å². The van der Waals surface area contributed by atoms with Crippen molar-refractivity contribution in [1.82, 2.24) is 4.90 Å². The average Bonchev–Trinajstić information content (AvgIpc) is 2.54. The SMILES string of the molecule is COc1ccc(Cl)cc1CN(C)C(=O)CCc1ccccc1Br. The van der Waals surface area contributed by atoms with Crippen molar-refractivity contribution < 1.29 is 9.53 Å². The maximum Gasteiger partial charge on any atom is 0.222 e. The van der Waals surface area contributed by atoms with Crippen LogP contribution in [0.4, 0.5) is 0 Å². The Morgan fingerprint density at radius 1 is 1.22 bits per heavy atom. The van der Waals surface area contributed by atoms with E-state index < -0.39 is 0 Å². The minimum Gasteiger partial charge on any atom is -0.496 e. The summed E-state index contributed by atoms with van der Waals surface area (Å²) in [5.41, 5.74) is 2.03. The van der Waals surface area contributed by atoms with E-state index in [2.05, 4.69) is 15.9 Å². The first-order valence-corrected chi connectivity index (χ1v) is 8.48. The smallest absolute Gasteiger partial charge is 0.222 e. The van der Waals surface area contributed by atoms with Crippen molar-refractivity contribution in [2.45, 2.75) is 19.4 Å². The lowest BCUT2D eigenvalue weighted by Crippen LogP contribution is -2.26. The molecule has 0 radical (unpaired) electrons. The molecule has 5 heteroatoms. The summed E-state index contributed by atoms with van der Waals surface area (Å²) in [6.45, 7) is 0.471. The topological polar surface area (TPSA) is 29.5 Å². The van der Waals surface area contributed by atoms with Gasteiger partial charge in [0.25, 0.3) is 0 Å². The van der Waals surface area contributed by atoms with Crippen molar-refractivity contribution in [2.24, 2.45) is 0 Å². The highest BCUT2D eigenvalue weighted by Crippen LogP contribution is 2.24. The molecular formula is C18H19BrClNO2. The third kappa shape index (κ3) is 4.98. The molecule has 0 bridgehead atoms. The van der Waals surface area contributed by atoms with Gasteiger partial charge in [-0.3, -0.25) is 4.79 Å². The summed E-state index contributed by atoms with van der Waals surface area (Å²) in [7, 11) is 3.41. The molecule has 0 aliphatic rings. The number of amides is 1. The molecule has 0 aliphatic heterocycles. The van der Waals surface area contributed by atoms with Crippen molar-refractivity contribution in [3.8, 4) is 5.75 Å². The number of methoxy groups -OCH3 is 1. The van der Waals surface area contributed by atoms with Crippen molar-refractivity contribution in [3.05, 3.63) is 63.1 Å². The average molecular weight is 397 g/mol. The van der Waals surface area contributed by atoms with Gasteiger partial charge in [-0.15, -0.1) is 0 Å². The van der Waals surface area contributed by atoms with Crippen LogP contribution < -0.4 is 4.74 Å². The van der Waals surface area contributed by atoms with E-state index in [1.165, 1.54) is 0 Å². The third-order valence-corrected chi connectivity index (χ3v) is 4.65. The Morgan fingerprint density at radius 3 is 2.65 bits per heavy atom. The second kappa shape index (κ2) is 8.37. The summed E-state index contributed by atoms with van der Waals surface area (Å²) in [5, 5.41) is 0.634. The molecule has 2 aromatic rings. The summed E-state index contributed by atoms with van der Waals surface area (Å²) in [6.07, 6.45) is 1.17. The number of hydrogen-bond donors (Lipinski definition) is 0. The van der Waals surface area contributed by atoms with E-state index in [0.717, 1.165) is 21.3 Å². The zero-order chi connectivity index (χ0) is 16.8. The monoisotopic (exact) mass is 395 g/mol. The van der Waals surface area contributed by atoms with Gasteiger partial charge in [0.05, 0.1) is 7.11 Å². The van der Waals surface area contributed by atoms with Gasteiger partial charge < -0.3 is 9.64 Å². The number of carbonyl (C=O) groups excluding carboxylic acids is 1. The van der Waals surface area contributed by atoms with Crippen LogP contribution >= 0.6 is 27.5 Å². The van der Waals surface area contributed by atoms with Crippen LogP contribution in [-0.2, 0) is 17.8 Å².